The van der Waals surface area contributed by atoms with Crippen molar-refractivity contribution in [2.75, 3.05) is 25.0 Å². The minimum Gasteiger partial charge on any atom is -0.352 e. The molecule has 0 unspecified atom stereocenters. The second kappa shape index (κ2) is 9.34. The van der Waals surface area contributed by atoms with Gasteiger partial charge in [0.05, 0.1) is 24.2 Å². The molecule has 30 heavy (non-hydrogen) atoms. The lowest BCUT2D eigenvalue weighted by Crippen LogP contribution is -2.50. The Bertz CT molecular complexity index is 955. The Balaban J connectivity index is 1.50. The minimum absolute atomic E-state index is 0.0462. The molecule has 3 rings (SSSR count). The fourth-order valence-electron chi connectivity index (χ4n) is 3.28. The third-order valence-corrected chi connectivity index (χ3v) is 5.13. The van der Waals surface area contributed by atoms with Crippen LogP contribution >= 0.6 is 0 Å². The van der Waals surface area contributed by atoms with Gasteiger partial charge in [0, 0.05) is 36.6 Å². The first-order valence-corrected chi connectivity index (χ1v) is 9.92. The third-order valence-electron chi connectivity index (χ3n) is 5.13. The fraction of sp³-hybridized carbons (Fsp3) is 0.409. The number of likely N-dealkylation sites (tertiary alicyclic amines) is 1. The zero-order valence-corrected chi connectivity index (χ0v) is 17.2. The number of anilines is 1. The van der Waals surface area contributed by atoms with E-state index < -0.39 is 0 Å². The summed E-state index contributed by atoms with van der Waals surface area (Å²) in [5.41, 5.74) is 2.05. The van der Waals surface area contributed by atoms with Crippen LogP contribution < -0.4 is 10.6 Å². The van der Waals surface area contributed by atoms with Crippen LogP contribution in [-0.2, 0) is 4.79 Å². The number of hydrogen-bond donors (Lipinski definition) is 2. The molecule has 8 nitrogen and oxygen atoms in total. The van der Waals surface area contributed by atoms with Gasteiger partial charge < -0.3 is 15.5 Å². The first-order valence-electron chi connectivity index (χ1n) is 9.92. The van der Waals surface area contributed by atoms with Crippen LogP contribution in [0, 0.1) is 22.7 Å². The predicted octanol–water partition coefficient (Wildman–Crippen LogP) is 2.31. The SMILES string of the molecule is CC(C)(CNc1ncc(-c2ccc(C#N)cc2)cn1)NCC(=O)N1CCC[C@H]1C#N. The van der Waals surface area contributed by atoms with Gasteiger partial charge in [0.25, 0.3) is 0 Å². The molecule has 0 saturated carbocycles. The Labute approximate surface area is 176 Å². The van der Waals surface area contributed by atoms with Crippen LogP contribution in [-0.4, -0.2) is 52.0 Å². The highest BCUT2D eigenvalue weighted by atomic mass is 16.2. The van der Waals surface area contributed by atoms with E-state index in [1.807, 2.05) is 26.0 Å². The maximum Gasteiger partial charge on any atom is 0.237 e. The number of hydrogen-bond acceptors (Lipinski definition) is 7. The van der Waals surface area contributed by atoms with Crippen molar-refractivity contribution in [2.45, 2.75) is 38.3 Å². The molecule has 1 atom stereocenters. The van der Waals surface area contributed by atoms with Crippen molar-refractivity contribution >= 4 is 11.9 Å². The van der Waals surface area contributed by atoms with E-state index in [1.165, 1.54) is 0 Å². The Kier molecular flexibility index (Phi) is 6.61. The van der Waals surface area contributed by atoms with Gasteiger partial charge in [-0.3, -0.25) is 4.79 Å². The average Bonchev–Trinajstić information content (AvgIpc) is 3.26. The van der Waals surface area contributed by atoms with E-state index in [4.69, 9.17) is 10.5 Å². The van der Waals surface area contributed by atoms with Gasteiger partial charge in [-0.2, -0.15) is 10.5 Å². The maximum atomic E-state index is 12.4. The lowest BCUT2D eigenvalue weighted by Gasteiger charge is -2.28. The zero-order chi connectivity index (χ0) is 21.6. The highest BCUT2D eigenvalue weighted by Crippen LogP contribution is 2.19. The van der Waals surface area contributed by atoms with Gasteiger partial charge in [0.15, 0.2) is 0 Å². The molecule has 0 radical (unpaired) electrons. The van der Waals surface area contributed by atoms with Gasteiger partial charge in [0.2, 0.25) is 11.9 Å². The topological polar surface area (TPSA) is 118 Å². The largest absolute Gasteiger partial charge is 0.352 e. The summed E-state index contributed by atoms with van der Waals surface area (Å²) in [5.74, 6) is 0.452. The zero-order valence-electron chi connectivity index (χ0n) is 17.2. The van der Waals surface area contributed by atoms with E-state index in [1.54, 1.807) is 29.4 Å². The van der Waals surface area contributed by atoms with Crippen LogP contribution in [0.1, 0.15) is 32.3 Å². The van der Waals surface area contributed by atoms with Crippen molar-refractivity contribution in [2.24, 2.45) is 0 Å². The summed E-state index contributed by atoms with van der Waals surface area (Å²) in [6.07, 6.45) is 5.10. The smallest absolute Gasteiger partial charge is 0.237 e. The lowest BCUT2D eigenvalue weighted by atomic mass is 10.1. The number of carbonyl (C=O) groups excluding carboxylic acids is 1. The summed E-state index contributed by atoms with van der Waals surface area (Å²) in [5, 5.41) is 24.5. The molecular weight excluding hydrogens is 378 g/mol. The highest BCUT2D eigenvalue weighted by Gasteiger charge is 2.29. The van der Waals surface area contributed by atoms with Crippen molar-refractivity contribution < 1.29 is 4.79 Å². The molecule has 0 spiro atoms. The predicted molar refractivity (Wildman–Crippen MR) is 113 cm³/mol. The maximum absolute atomic E-state index is 12.4. The summed E-state index contributed by atoms with van der Waals surface area (Å²) >= 11 is 0. The fourth-order valence-corrected chi connectivity index (χ4v) is 3.28. The number of nitriles is 2. The van der Waals surface area contributed by atoms with E-state index in [0.29, 0.717) is 24.6 Å². The highest BCUT2D eigenvalue weighted by molar-refractivity contribution is 5.79. The molecule has 0 bridgehead atoms. The summed E-state index contributed by atoms with van der Waals surface area (Å²) in [7, 11) is 0. The van der Waals surface area contributed by atoms with Crippen molar-refractivity contribution in [3.63, 3.8) is 0 Å². The molecule has 1 aliphatic rings. The standard InChI is InChI=1S/C22H25N7O/c1-22(2,28-14-20(30)29-9-3-4-19(29)11-24)15-27-21-25-12-18(13-26-21)17-7-5-16(10-23)6-8-17/h5-8,12-13,19,28H,3-4,9,14-15H2,1-2H3,(H,25,26,27)/t19-/m0/s1. The molecule has 1 saturated heterocycles. The molecule has 2 N–H and O–H groups in total. The Morgan fingerprint density at radius 3 is 2.53 bits per heavy atom. The van der Waals surface area contributed by atoms with E-state index in [9.17, 15) is 4.79 Å². The molecule has 0 aliphatic carbocycles. The molecule has 154 valence electrons. The normalized spacial score (nSPS) is 16.0. The first-order chi connectivity index (χ1) is 14.4. The summed E-state index contributed by atoms with van der Waals surface area (Å²) in [4.78, 5) is 22.8. The molecule has 1 aromatic carbocycles. The third kappa shape index (κ3) is 5.31. The average molecular weight is 403 g/mol. The van der Waals surface area contributed by atoms with Gasteiger partial charge in [-0.15, -0.1) is 0 Å². The van der Waals surface area contributed by atoms with Gasteiger partial charge in [-0.1, -0.05) is 12.1 Å². The lowest BCUT2D eigenvalue weighted by molar-refractivity contribution is -0.130. The quantitative estimate of drug-likeness (QED) is 0.728. The van der Waals surface area contributed by atoms with Crippen LogP contribution in [0.15, 0.2) is 36.7 Å². The number of carbonyl (C=O) groups is 1. The Morgan fingerprint density at radius 2 is 1.90 bits per heavy atom. The summed E-state index contributed by atoms with van der Waals surface area (Å²) < 4.78 is 0. The molecule has 2 aromatic rings. The van der Waals surface area contributed by atoms with Crippen LogP contribution in [0.25, 0.3) is 11.1 Å². The van der Waals surface area contributed by atoms with Gasteiger partial charge in [-0.25, -0.2) is 9.97 Å². The second-order valence-electron chi connectivity index (χ2n) is 7.95. The van der Waals surface area contributed by atoms with Crippen LogP contribution in [0.2, 0.25) is 0 Å². The Morgan fingerprint density at radius 1 is 1.20 bits per heavy atom. The number of nitrogens with one attached hydrogen (secondary N) is 2. The molecule has 1 aliphatic heterocycles. The van der Waals surface area contributed by atoms with Crippen molar-refractivity contribution in [3.8, 4) is 23.3 Å². The van der Waals surface area contributed by atoms with Crippen molar-refractivity contribution in [3.05, 3.63) is 42.2 Å². The van der Waals surface area contributed by atoms with Crippen LogP contribution in [0.4, 0.5) is 5.95 Å². The molecule has 1 amide bonds. The molecule has 1 aromatic heterocycles. The number of rotatable bonds is 7. The molecule has 1 fully saturated rings. The second-order valence-corrected chi connectivity index (χ2v) is 7.95. The Hall–Kier alpha value is -3.49. The number of amides is 1. The number of nitrogens with zero attached hydrogens (tertiary/aromatic N) is 5. The van der Waals surface area contributed by atoms with E-state index in [-0.39, 0.29) is 24.0 Å². The van der Waals surface area contributed by atoms with E-state index in [0.717, 1.165) is 24.0 Å². The monoisotopic (exact) mass is 403 g/mol. The van der Waals surface area contributed by atoms with Crippen LogP contribution in [0.5, 0.6) is 0 Å². The van der Waals surface area contributed by atoms with Gasteiger partial charge in [-0.05, 0) is 44.4 Å². The summed E-state index contributed by atoms with van der Waals surface area (Å²) in [6, 6.07) is 11.2. The molecule has 2 heterocycles. The number of aromatic nitrogens is 2. The summed E-state index contributed by atoms with van der Waals surface area (Å²) in [6.45, 7) is 5.34. The van der Waals surface area contributed by atoms with Crippen molar-refractivity contribution in [1.29, 1.82) is 10.5 Å². The van der Waals surface area contributed by atoms with Crippen LogP contribution in [0.3, 0.4) is 0 Å². The minimum atomic E-state index is -0.368. The first kappa shape index (κ1) is 21.2. The van der Waals surface area contributed by atoms with E-state index in [2.05, 4.69) is 32.7 Å². The molecular formula is C22H25N7O. The van der Waals surface area contributed by atoms with Gasteiger partial charge >= 0.3 is 0 Å². The van der Waals surface area contributed by atoms with E-state index >= 15 is 0 Å². The van der Waals surface area contributed by atoms with Gasteiger partial charge in [0.1, 0.15) is 6.04 Å². The number of benzene rings is 1. The molecule has 8 heteroatoms. The van der Waals surface area contributed by atoms with Crippen molar-refractivity contribution in [1.82, 2.24) is 20.2 Å².